The number of nitrogens with zero attached hydrogens (tertiary/aromatic N) is 3. The first-order valence-corrected chi connectivity index (χ1v) is 6.60. The lowest BCUT2D eigenvalue weighted by molar-refractivity contribution is -0.116. The predicted molar refractivity (Wildman–Crippen MR) is 76.7 cm³/mol. The summed E-state index contributed by atoms with van der Waals surface area (Å²) >= 11 is 11.9. The number of aromatic nitrogens is 3. The summed E-state index contributed by atoms with van der Waals surface area (Å²) in [5.41, 5.74) is 0.167. The van der Waals surface area contributed by atoms with Crippen molar-refractivity contribution in [3.8, 4) is 0 Å². The molecule has 0 unspecified atom stereocenters. The Morgan fingerprint density at radius 3 is 2.52 bits per heavy atom. The zero-order valence-corrected chi connectivity index (χ0v) is 12.1. The molecular weight excluding hydrogens is 319 g/mol. The second kappa shape index (κ2) is 6.55. The zero-order valence-electron chi connectivity index (χ0n) is 10.6. The number of hydrogen-bond acceptors (Lipinski definition) is 4. The summed E-state index contributed by atoms with van der Waals surface area (Å²) in [5, 5.41) is 19.0. The molecule has 1 aromatic carbocycles. The van der Waals surface area contributed by atoms with Gasteiger partial charge < -0.3 is 10.4 Å². The van der Waals surface area contributed by atoms with E-state index in [1.54, 1.807) is 18.2 Å². The van der Waals surface area contributed by atoms with Crippen LogP contribution in [0, 0.1) is 0 Å². The fourth-order valence-electron chi connectivity index (χ4n) is 1.54. The van der Waals surface area contributed by atoms with Crippen LogP contribution in [0.2, 0.25) is 10.0 Å². The molecule has 0 fully saturated rings. The molecule has 1 aromatic heterocycles. The molecule has 21 heavy (non-hydrogen) atoms. The number of aryl methyl sites for hydroxylation is 1. The minimum atomic E-state index is -1.17. The Balaban J connectivity index is 1.94. The third-order valence-electron chi connectivity index (χ3n) is 2.55. The molecule has 7 nitrogen and oxygen atoms in total. The highest BCUT2D eigenvalue weighted by atomic mass is 35.5. The molecule has 0 radical (unpaired) electrons. The standard InChI is InChI=1S/C12H10Cl2N4O3/c13-7-2-1-3-8(14)11(7)15-10(19)4-5-18-6-9(12(20)21)16-17-18/h1-3,6H,4-5H2,(H,15,19)(H,20,21). The van der Waals surface area contributed by atoms with E-state index in [1.165, 1.54) is 10.9 Å². The Labute approximate surface area is 129 Å². The van der Waals surface area contributed by atoms with Crippen LogP contribution in [0.4, 0.5) is 5.69 Å². The number of hydrogen-bond donors (Lipinski definition) is 2. The van der Waals surface area contributed by atoms with Crippen molar-refractivity contribution in [1.29, 1.82) is 0 Å². The van der Waals surface area contributed by atoms with Crippen LogP contribution in [0.25, 0.3) is 0 Å². The number of rotatable bonds is 5. The molecule has 2 rings (SSSR count). The van der Waals surface area contributed by atoms with Crippen molar-refractivity contribution in [3.05, 3.63) is 40.1 Å². The lowest BCUT2D eigenvalue weighted by atomic mass is 10.3. The van der Waals surface area contributed by atoms with Gasteiger partial charge in [-0.1, -0.05) is 34.5 Å². The Morgan fingerprint density at radius 1 is 1.29 bits per heavy atom. The normalized spacial score (nSPS) is 10.4. The SMILES string of the molecule is O=C(CCn1cc(C(=O)O)nn1)Nc1c(Cl)cccc1Cl. The number of benzene rings is 1. The maximum atomic E-state index is 11.8. The average Bonchev–Trinajstić information content (AvgIpc) is 2.90. The Kier molecular flexibility index (Phi) is 4.77. The van der Waals surface area contributed by atoms with E-state index in [-0.39, 0.29) is 24.6 Å². The lowest BCUT2D eigenvalue weighted by Gasteiger charge is -2.08. The lowest BCUT2D eigenvalue weighted by Crippen LogP contribution is -2.15. The van der Waals surface area contributed by atoms with Crippen molar-refractivity contribution in [3.63, 3.8) is 0 Å². The van der Waals surface area contributed by atoms with Crippen molar-refractivity contribution in [2.24, 2.45) is 0 Å². The van der Waals surface area contributed by atoms with E-state index < -0.39 is 5.97 Å². The summed E-state index contributed by atoms with van der Waals surface area (Å²) in [6.07, 6.45) is 1.32. The van der Waals surface area contributed by atoms with Crippen molar-refractivity contribution in [2.45, 2.75) is 13.0 Å². The number of aromatic carboxylic acids is 1. The van der Waals surface area contributed by atoms with Gasteiger partial charge in [-0.3, -0.25) is 9.48 Å². The van der Waals surface area contributed by atoms with E-state index in [9.17, 15) is 9.59 Å². The summed E-state index contributed by atoms with van der Waals surface area (Å²) in [4.78, 5) is 22.5. The van der Waals surface area contributed by atoms with Crippen molar-refractivity contribution in [2.75, 3.05) is 5.32 Å². The third-order valence-corrected chi connectivity index (χ3v) is 3.18. The van der Waals surface area contributed by atoms with E-state index in [4.69, 9.17) is 28.3 Å². The average molecular weight is 329 g/mol. The van der Waals surface area contributed by atoms with Gasteiger partial charge in [0.15, 0.2) is 5.69 Å². The number of nitrogens with one attached hydrogen (secondary N) is 1. The topological polar surface area (TPSA) is 97.1 Å². The first-order chi connectivity index (χ1) is 9.97. The molecule has 0 spiro atoms. The highest BCUT2D eigenvalue weighted by molar-refractivity contribution is 6.39. The van der Waals surface area contributed by atoms with Crippen LogP contribution in [0.1, 0.15) is 16.9 Å². The van der Waals surface area contributed by atoms with Crippen LogP contribution < -0.4 is 5.32 Å². The van der Waals surface area contributed by atoms with Gasteiger partial charge in [0.25, 0.3) is 0 Å². The van der Waals surface area contributed by atoms with Gasteiger partial charge in [-0.2, -0.15) is 0 Å². The molecule has 0 aliphatic rings. The summed E-state index contributed by atoms with van der Waals surface area (Å²) < 4.78 is 1.28. The Bertz CT molecular complexity index is 667. The van der Waals surface area contributed by atoms with Crippen molar-refractivity contribution >= 4 is 40.8 Å². The van der Waals surface area contributed by atoms with Gasteiger partial charge in [-0.05, 0) is 12.1 Å². The zero-order chi connectivity index (χ0) is 15.4. The second-order valence-electron chi connectivity index (χ2n) is 4.07. The molecule has 1 heterocycles. The number of halogens is 2. The van der Waals surface area contributed by atoms with E-state index in [0.29, 0.717) is 15.7 Å². The van der Waals surface area contributed by atoms with Gasteiger partial charge in [0, 0.05) is 6.42 Å². The highest BCUT2D eigenvalue weighted by Gasteiger charge is 2.11. The van der Waals surface area contributed by atoms with Crippen LogP contribution in [0.15, 0.2) is 24.4 Å². The number of anilines is 1. The van der Waals surface area contributed by atoms with Crippen LogP contribution in [-0.2, 0) is 11.3 Å². The van der Waals surface area contributed by atoms with Gasteiger partial charge in [0.05, 0.1) is 28.5 Å². The molecular formula is C12H10Cl2N4O3. The number of para-hydroxylation sites is 1. The summed E-state index contributed by atoms with van der Waals surface area (Å²) in [7, 11) is 0. The van der Waals surface area contributed by atoms with E-state index in [0.717, 1.165) is 0 Å². The van der Waals surface area contributed by atoms with Gasteiger partial charge in [-0.15, -0.1) is 5.10 Å². The van der Waals surface area contributed by atoms with Gasteiger partial charge >= 0.3 is 5.97 Å². The van der Waals surface area contributed by atoms with Gasteiger partial charge in [0.2, 0.25) is 5.91 Å². The first kappa shape index (κ1) is 15.3. The van der Waals surface area contributed by atoms with Crippen LogP contribution in [0.5, 0.6) is 0 Å². The molecule has 0 saturated heterocycles. The molecule has 1 amide bonds. The number of amides is 1. The van der Waals surface area contributed by atoms with E-state index in [1.807, 2.05) is 0 Å². The van der Waals surface area contributed by atoms with Gasteiger partial charge in [0.1, 0.15) is 0 Å². The first-order valence-electron chi connectivity index (χ1n) is 5.84. The number of carboxylic acid groups (broad SMARTS) is 1. The summed E-state index contributed by atoms with van der Waals surface area (Å²) in [5.74, 6) is -1.49. The number of carbonyl (C=O) groups is 2. The smallest absolute Gasteiger partial charge is 0.358 e. The highest BCUT2D eigenvalue weighted by Crippen LogP contribution is 2.29. The maximum Gasteiger partial charge on any atom is 0.358 e. The van der Waals surface area contributed by atoms with E-state index in [2.05, 4.69) is 15.6 Å². The molecule has 0 aliphatic heterocycles. The minimum absolute atomic E-state index is 0.0734. The summed E-state index contributed by atoms with van der Waals surface area (Å²) in [6, 6.07) is 4.89. The predicted octanol–water partition coefficient (Wildman–Crippen LogP) is 2.31. The van der Waals surface area contributed by atoms with Crippen LogP contribution in [0.3, 0.4) is 0 Å². The molecule has 2 N–H and O–H groups in total. The minimum Gasteiger partial charge on any atom is -0.476 e. The Morgan fingerprint density at radius 2 is 1.95 bits per heavy atom. The quantitative estimate of drug-likeness (QED) is 0.877. The molecule has 110 valence electrons. The number of carbonyl (C=O) groups excluding carboxylic acids is 1. The van der Waals surface area contributed by atoms with Crippen LogP contribution >= 0.6 is 23.2 Å². The molecule has 0 atom stereocenters. The Hall–Kier alpha value is -2.12. The number of carboxylic acids is 1. The summed E-state index contributed by atoms with van der Waals surface area (Å²) in [6.45, 7) is 0.189. The van der Waals surface area contributed by atoms with Crippen molar-refractivity contribution in [1.82, 2.24) is 15.0 Å². The van der Waals surface area contributed by atoms with E-state index >= 15 is 0 Å². The fraction of sp³-hybridized carbons (Fsp3) is 0.167. The third kappa shape index (κ3) is 3.93. The monoisotopic (exact) mass is 328 g/mol. The molecule has 2 aromatic rings. The maximum absolute atomic E-state index is 11.8. The molecule has 0 aliphatic carbocycles. The second-order valence-corrected chi connectivity index (χ2v) is 4.88. The van der Waals surface area contributed by atoms with Crippen LogP contribution in [-0.4, -0.2) is 32.0 Å². The molecule has 0 bridgehead atoms. The fourth-order valence-corrected chi connectivity index (χ4v) is 2.03. The van der Waals surface area contributed by atoms with Gasteiger partial charge in [-0.25, -0.2) is 4.79 Å². The molecule has 0 saturated carbocycles. The van der Waals surface area contributed by atoms with Crippen molar-refractivity contribution < 1.29 is 14.7 Å². The largest absolute Gasteiger partial charge is 0.476 e. The molecule has 9 heteroatoms.